The summed E-state index contributed by atoms with van der Waals surface area (Å²) in [4.78, 5) is 43.2. The lowest BCUT2D eigenvalue weighted by Gasteiger charge is -2.17. The summed E-state index contributed by atoms with van der Waals surface area (Å²) in [5, 5.41) is 3.12. The maximum absolute atomic E-state index is 12.8. The summed E-state index contributed by atoms with van der Waals surface area (Å²) >= 11 is 0. The fourth-order valence-electron chi connectivity index (χ4n) is 3.43. The van der Waals surface area contributed by atoms with Gasteiger partial charge in [-0.25, -0.2) is 4.98 Å². The van der Waals surface area contributed by atoms with Crippen LogP contribution in [-0.4, -0.2) is 54.1 Å². The number of aryl methyl sites for hydroxylation is 1. The van der Waals surface area contributed by atoms with Crippen molar-refractivity contribution in [3.8, 4) is 23.8 Å². The predicted octanol–water partition coefficient (Wildman–Crippen LogP) is 2.27. The van der Waals surface area contributed by atoms with Gasteiger partial charge in [-0.15, -0.1) is 6.42 Å². The summed E-state index contributed by atoms with van der Waals surface area (Å²) in [6, 6.07) is 10.1. The third kappa shape index (κ3) is 5.72. The van der Waals surface area contributed by atoms with Crippen molar-refractivity contribution in [2.75, 3.05) is 33.1 Å². The number of fused-ring (bicyclic) bond motifs is 1. The van der Waals surface area contributed by atoms with E-state index < -0.39 is 0 Å². The lowest BCUT2D eigenvalue weighted by atomic mass is 10.2. The van der Waals surface area contributed by atoms with Crippen LogP contribution in [0.15, 0.2) is 47.5 Å². The number of anilines is 1. The number of nitrogens with zero attached hydrogens (tertiary/aromatic N) is 3. The highest BCUT2D eigenvalue weighted by Gasteiger charge is 2.14. The molecule has 1 aromatic heterocycles. The lowest BCUT2D eigenvalue weighted by molar-refractivity contribution is -0.133. The van der Waals surface area contributed by atoms with Crippen LogP contribution in [0.3, 0.4) is 0 Å². The summed E-state index contributed by atoms with van der Waals surface area (Å²) in [6.45, 7) is 0.207. The Bertz CT molecular complexity index is 1310. The molecule has 0 saturated carbocycles. The van der Waals surface area contributed by atoms with Gasteiger partial charge >= 0.3 is 0 Å². The number of aromatic nitrogens is 2. The second kappa shape index (κ2) is 11.0. The first-order valence-electron chi connectivity index (χ1n) is 10.6. The van der Waals surface area contributed by atoms with Gasteiger partial charge in [-0.1, -0.05) is 12.0 Å². The lowest BCUT2D eigenvalue weighted by Crippen LogP contribution is -2.35. The number of benzene rings is 2. The Kier molecular flexibility index (Phi) is 7.88. The van der Waals surface area contributed by atoms with E-state index in [0.29, 0.717) is 46.6 Å². The number of rotatable bonds is 9. The van der Waals surface area contributed by atoms with Crippen LogP contribution >= 0.6 is 0 Å². The van der Waals surface area contributed by atoms with Gasteiger partial charge in [0.15, 0.2) is 11.5 Å². The summed E-state index contributed by atoms with van der Waals surface area (Å²) in [7, 11) is 4.57. The second-order valence-electron chi connectivity index (χ2n) is 7.59. The smallest absolute Gasteiger partial charge is 0.261 e. The molecule has 0 saturated heterocycles. The van der Waals surface area contributed by atoms with Gasteiger partial charge in [0, 0.05) is 37.3 Å². The van der Waals surface area contributed by atoms with Crippen LogP contribution in [0.1, 0.15) is 18.4 Å². The quantitative estimate of drug-likeness (QED) is 0.490. The van der Waals surface area contributed by atoms with Crippen molar-refractivity contribution in [2.24, 2.45) is 0 Å². The van der Waals surface area contributed by atoms with Crippen LogP contribution in [-0.2, 0) is 16.1 Å². The molecule has 3 rings (SSSR count). The molecule has 1 heterocycles. The minimum atomic E-state index is -0.329. The number of ether oxygens (including phenoxy) is 2. The van der Waals surface area contributed by atoms with Gasteiger partial charge < -0.3 is 19.7 Å². The first-order chi connectivity index (χ1) is 16.4. The van der Waals surface area contributed by atoms with Crippen LogP contribution in [0.5, 0.6) is 11.5 Å². The van der Waals surface area contributed by atoms with Crippen molar-refractivity contribution in [2.45, 2.75) is 19.4 Å². The van der Waals surface area contributed by atoms with Crippen LogP contribution in [0.4, 0.5) is 5.69 Å². The van der Waals surface area contributed by atoms with Crippen LogP contribution in [0.2, 0.25) is 0 Å². The van der Waals surface area contributed by atoms with E-state index in [0.717, 1.165) is 0 Å². The molecule has 0 aliphatic rings. The van der Waals surface area contributed by atoms with Gasteiger partial charge in [-0.05, 0) is 30.7 Å². The molecule has 2 amide bonds. The minimum Gasteiger partial charge on any atom is -0.493 e. The first kappa shape index (κ1) is 24.3. The molecule has 3 aromatic rings. The topological polar surface area (TPSA) is 103 Å². The molecule has 176 valence electrons. The molecule has 0 aliphatic carbocycles. The average molecular weight is 463 g/mol. The van der Waals surface area contributed by atoms with Gasteiger partial charge in [-0.3, -0.25) is 19.0 Å². The van der Waals surface area contributed by atoms with E-state index in [1.54, 1.807) is 43.4 Å². The maximum Gasteiger partial charge on any atom is 0.261 e. The van der Waals surface area contributed by atoms with E-state index in [1.165, 1.54) is 30.0 Å². The van der Waals surface area contributed by atoms with Gasteiger partial charge in [-0.2, -0.15) is 0 Å². The largest absolute Gasteiger partial charge is 0.493 e. The van der Waals surface area contributed by atoms with E-state index in [4.69, 9.17) is 15.9 Å². The zero-order chi connectivity index (χ0) is 24.7. The third-order valence-electron chi connectivity index (χ3n) is 5.24. The Labute approximate surface area is 197 Å². The first-order valence-corrected chi connectivity index (χ1v) is 10.6. The molecule has 0 spiro atoms. The van der Waals surface area contributed by atoms with Gasteiger partial charge in [0.1, 0.15) is 0 Å². The normalized spacial score (nSPS) is 10.4. The van der Waals surface area contributed by atoms with E-state index in [1.807, 2.05) is 0 Å². The fourth-order valence-corrected chi connectivity index (χ4v) is 3.43. The fraction of sp³-hybridized carbons (Fsp3) is 0.280. The van der Waals surface area contributed by atoms with Gasteiger partial charge in [0.05, 0.1) is 38.0 Å². The Morgan fingerprint density at radius 3 is 2.62 bits per heavy atom. The molecule has 0 bridgehead atoms. The number of hydrogen-bond acceptors (Lipinski definition) is 6. The second-order valence-corrected chi connectivity index (χ2v) is 7.59. The summed E-state index contributed by atoms with van der Waals surface area (Å²) in [6.07, 6.45) is 7.40. The summed E-state index contributed by atoms with van der Waals surface area (Å²) in [5.74, 6) is 2.89. The molecule has 0 fully saturated rings. The number of amides is 2. The van der Waals surface area contributed by atoms with E-state index >= 15 is 0 Å². The predicted molar refractivity (Wildman–Crippen MR) is 129 cm³/mol. The van der Waals surface area contributed by atoms with Crippen molar-refractivity contribution in [3.05, 3.63) is 58.6 Å². The average Bonchev–Trinajstić information content (AvgIpc) is 2.84. The zero-order valence-electron chi connectivity index (χ0n) is 19.3. The zero-order valence-corrected chi connectivity index (χ0v) is 19.3. The number of methoxy groups -OCH3 is 2. The number of nitrogens with one attached hydrogen (secondary N) is 1. The van der Waals surface area contributed by atoms with Crippen LogP contribution in [0, 0.1) is 12.3 Å². The summed E-state index contributed by atoms with van der Waals surface area (Å²) < 4.78 is 12.0. The molecule has 0 unspecified atom stereocenters. The maximum atomic E-state index is 12.8. The van der Waals surface area contributed by atoms with Crippen LogP contribution < -0.4 is 20.3 Å². The molecule has 9 nitrogen and oxygen atoms in total. The van der Waals surface area contributed by atoms with E-state index in [9.17, 15) is 14.4 Å². The molecule has 1 N–H and O–H groups in total. The number of carbonyl (C=O) groups is 2. The molecular formula is C25H26N4O5. The van der Waals surface area contributed by atoms with Gasteiger partial charge in [0.25, 0.3) is 5.56 Å². The van der Waals surface area contributed by atoms with Gasteiger partial charge in [0.2, 0.25) is 11.8 Å². The van der Waals surface area contributed by atoms with Crippen molar-refractivity contribution >= 4 is 28.4 Å². The van der Waals surface area contributed by atoms with Crippen molar-refractivity contribution < 1.29 is 19.1 Å². The number of likely N-dealkylation sites (N-methyl/N-ethyl adjacent to an activating group) is 1. The molecule has 0 radical (unpaired) electrons. The minimum absolute atomic E-state index is 0.0990. The summed E-state index contributed by atoms with van der Waals surface area (Å²) in [5.41, 5.74) is 1.48. The number of carbonyl (C=O) groups excluding carboxylic acids is 2. The van der Waals surface area contributed by atoms with Crippen LogP contribution in [0.25, 0.3) is 10.9 Å². The monoisotopic (exact) mass is 462 g/mol. The van der Waals surface area contributed by atoms with Crippen molar-refractivity contribution in [1.29, 1.82) is 0 Å². The highest BCUT2D eigenvalue weighted by atomic mass is 16.5. The Morgan fingerprint density at radius 2 is 1.91 bits per heavy atom. The molecule has 2 aromatic carbocycles. The Hall–Kier alpha value is -4.32. The SMILES string of the molecule is C#Cc1cccc(NC(=O)CN(C)C(=O)CCCn2cnc3cc(OC)c(OC)cc3c2=O)c1. The van der Waals surface area contributed by atoms with Crippen molar-refractivity contribution in [3.63, 3.8) is 0 Å². The Balaban J connectivity index is 1.56. The van der Waals surface area contributed by atoms with E-state index in [-0.39, 0.29) is 30.3 Å². The molecule has 0 atom stereocenters. The number of hydrogen-bond donors (Lipinski definition) is 1. The Morgan fingerprint density at radius 1 is 1.18 bits per heavy atom. The molecule has 34 heavy (non-hydrogen) atoms. The van der Waals surface area contributed by atoms with E-state index in [2.05, 4.69) is 16.2 Å². The molecule has 9 heteroatoms. The molecule has 0 aliphatic heterocycles. The van der Waals surface area contributed by atoms with Crippen molar-refractivity contribution in [1.82, 2.24) is 14.5 Å². The number of terminal acetylenes is 1. The highest BCUT2D eigenvalue weighted by Crippen LogP contribution is 2.29. The standard InChI is InChI=1S/C25H26N4O5/c1-5-17-8-6-9-18(12-17)27-23(30)15-28(2)24(31)10-7-11-29-16-26-20-14-22(34-4)21(33-3)13-19(20)25(29)32/h1,6,8-9,12-14,16H,7,10-11,15H2,2-4H3,(H,27,30). The third-order valence-corrected chi connectivity index (χ3v) is 5.24. The highest BCUT2D eigenvalue weighted by molar-refractivity contribution is 5.94. The molecular weight excluding hydrogens is 436 g/mol.